The maximum Gasteiger partial charge on any atom is 0.270 e. The lowest BCUT2D eigenvalue weighted by atomic mass is 10.1. The van der Waals surface area contributed by atoms with Crippen molar-refractivity contribution >= 4 is 33.4 Å². The molecule has 0 aromatic heterocycles. The first-order chi connectivity index (χ1) is 9.91. The minimum absolute atomic E-state index is 0.0214. The van der Waals surface area contributed by atoms with Gasteiger partial charge in [0.15, 0.2) is 0 Å². The zero-order valence-corrected chi connectivity index (χ0v) is 12.4. The maximum atomic E-state index is 12.5. The van der Waals surface area contributed by atoms with Crippen LogP contribution in [0.25, 0.3) is 0 Å². The minimum atomic E-state index is -0.877. The number of ether oxygens (including phenoxy) is 1. The maximum absolute atomic E-state index is 12.5. The van der Waals surface area contributed by atoms with Crippen molar-refractivity contribution in [3.63, 3.8) is 0 Å². The SMILES string of the molecule is NC(=O)C1COCCN1C(=O)c1cc([N+](=O)[O-])ccc1Br. The predicted octanol–water partition coefficient (Wildman–Crippen LogP) is 0.684. The van der Waals surface area contributed by atoms with E-state index in [-0.39, 0.29) is 31.0 Å². The lowest BCUT2D eigenvalue weighted by Gasteiger charge is -2.33. The molecule has 9 heteroatoms. The first kappa shape index (κ1) is 15.4. The molecule has 1 fully saturated rings. The summed E-state index contributed by atoms with van der Waals surface area (Å²) in [5.41, 5.74) is 5.16. The summed E-state index contributed by atoms with van der Waals surface area (Å²) in [6.07, 6.45) is 0. The highest BCUT2D eigenvalue weighted by atomic mass is 79.9. The predicted molar refractivity (Wildman–Crippen MR) is 75.6 cm³/mol. The van der Waals surface area contributed by atoms with Crippen molar-refractivity contribution in [2.24, 2.45) is 5.73 Å². The fourth-order valence-electron chi connectivity index (χ4n) is 2.03. The van der Waals surface area contributed by atoms with Crippen molar-refractivity contribution in [2.45, 2.75) is 6.04 Å². The first-order valence-electron chi connectivity index (χ1n) is 6.04. The smallest absolute Gasteiger partial charge is 0.270 e. The molecule has 2 N–H and O–H groups in total. The molecule has 1 aromatic carbocycles. The molecule has 1 aliphatic rings. The Balaban J connectivity index is 2.36. The van der Waals surface area contributed by atoms with E-state index < -0.39 is 22.8 Å². The van der Waals surface area contributed by atoms with Gasteiger partial charge in [-0.3, -0.25) is 19.7 Å². The van der Waals surface area contributed by atoms with Crippen LogP contribution in [0.15, 0.2) is 22.7 Å². The van der Waals surface area contributed by atoms with E-state index in [0.717, 1.165) is 0 Å². The van der Waals surface area contributed by atoms with Gasteiger partial charge in [-0.05, 0) is 22.0 Å². The molecule has 2 rings (SSSR count). The lowest BCUT2D eigenvalue weighted by Crippen LogP contribution is -2.54. The number of rotatable bonds is 3. The number of hydrogen-bond acceptors (Lipinski definition) is 5. The second-order valence-electron chi connectivity index (χ2n) is 4.41. The van der Waals surface area contributed by atoms with Gasteiger partial charge in [-0.15, -0.1) is 0 Å². The molecular formula is C12H12BrN3O5. The van der Waals surface area contributed by atoms with Crippen molar-refractivity contribution in [2.75, 3.05) is 19.8 Å². The third kappa shape index (κ3) is 3.19. The van der Waals surface area contributed by atoms with E-state index in [4.69, 9.17) is 10.5 Å². The third-order valence-electron chi connectivity index (χ3n) is 3.11. The summed E-state index contributed by atoms with van der Waals surface area (Å²) >= 11 is 3.19. The van der Waals surface area contributed by atoms with Crippen molar-refractivity contribution in [3.05, 3.63) is 38.3 Å². The number of hydrogen-bond donors (Lipinski definition) is 1. The largest absolute Gasteiger partial charge is 0.377 e. The van der Waals surface area contributed by atoms with Gasteiger partial charge in [0.1, 0.15) is 6.04 Å². The summed E-state index contributed by atoms with van der Waals surface area (Å²) in [6, 6.07) is 2.99. The Labute approximate surface area is 128 Å². The van der Waals surface area contributed by atoms with Crippen LogP contribution >= 0.6 is 15.9 Å². The number of benzene rings is 1. The zero-order valence-electron chi connectivity index (χ0n) is 10.8. The number of morpholine rings is 1. The summed E-state index contributed by atoms with van der Waals surface area (Å²) in [5.74, 6) is -1.18. The van der Waals surface area contributed by atoms with E-state index in [1.165, 1.54) is 23.1 Å². The molecule has 1 atom stereocenters. The number of primary amides is 1. The molecule has 2 amide bonds. The topological polar surface area (TPSA) is 116 Å². The Kier molecular flexibility index (Phi) is 4.53. The van der Waals surface area contributed by atoms with Gasteiger partial charge < -0.3 is 15.4 Å². The van der Waals surface area contributed by atoms with E-state index in [2.05, 4.69) is 15.9 Å². The average Bonchev–Trinajstić information content (AvgIpc) is 2.46. The first-order valence-corrected chi connectivity index (χ1v) is 6.83. The second-order valence-corrected chi connectivity index (χ2v) is 5.27. The van der Waals surface area contributed by atoms with Crippen LogP contribution in [-0.4, -0.2) is 47.4 Å². The van der Waals surface area contributed by atoms with Gasteiger partial charge in [0.05, 0.1) is 23.7 Å². The van der Waals surface area contributed by atoms with Crippen LogP contribution < -0.4 is 5.73 Å². The molecule has 112 valence electrons. The fourth-order valence-corrected chi connectivity index (χ4v) is 2.44. The highest BCUT2D eigenvalue weighted by Crippen LogP contribution is 2.25. The number of nitrogens with zero attached hydrogens (tertiary/aromatic N) is 2. The van der Waals surface area contributed by atoms with E-state index in [1.807, 2.05) is 0 Å². The molecule has 1 aromatic rings. The highest BCUT2D eigenvalue weighted by Gasteiger charge is 2.33. The Hall–Kier alpha value is -2.00. The van der Waals surface area contributed by atoms with E-state index in [9.17, 15) is 19.7 Å². The number of nitrogens with two attached hydrogens (primary N) is 1. The van der Waals surface area contributed by atoms with Crippen LogP contribution in [0.3, 0.4) is 0 Å². The Morgan fingerprint density at radius 1 is 1.48 bits per heavy atom. The monoisotopic (exact) mass is 357 g/mol. The quantitative estimate of drug-likeness (QED) is 0.630. The highest BCUT2D eigenvalue weighted by molar-refractivity contribution is 9.10. The molecule has 0 bridgehead atoms. The Bertz CT molecular complexity index is 607. The normalized spacial score (nSPS) is 18.3. The molecule has 1 unspecified atom stereocenters. The molecule has 1 heterocycles. The number of amides is 2. The number of halogens is 1. The molecule has 0 saturated carbocycles. The van der Waals surface area contributed by atoms with Crippen molar-refractivity contribution < 1.29 is 19.2 Å². The van der Waals surface area contributed by atoms with E-state index in [1.54, 1.807) is 0 Å². The van der Waals surface area contributed by atoms with Crippen molar-refractivity contribution in [3.8, 4) is 0 Å². The molecule has 8 nitrogen and oxygen atoms in total. The number of carbonyl (C=O) groups is 2. The van der Waals surface area contributed by atoms with Crippen LogP contribution in [0.2, 0.25) is 0 Å². The number of nitro groups is 1. The van der Waals surface area contributed by atoms with Gasteiger partial charge in [-0.2, -0.15) is 0 Å². The number of non-ortho nitro benzene ring substituents is 1. The molecule has 0 aliphatic carbocycles. The minimum Gasteiger partial charge on any atom is -0.377 e. The summed E-state index contributed by atoms with van der Waals surface area (Å²) in [7, 11) is 0. The van der Waals surface area contributed by atoms with Gasteiger partial charge in [0, 0.05) is 23.2 Å². The zero-order chi connectivity index (χ0) is 15.6. The number of carbonyl (C=O) groups excluding carboxylic acids is 2. The molecular weight excluding hydrogens is 346 g/mol. The molecule has 0 radical (unpaired) electrons. The summed E-state index contributed by atoms with van der Waals surface area (Å²) in [4.78, 5) is 35.4. The van der Waals surface area contributed by atoms with Crippen LogP contribution in [-0.2, 0) is 9.53 Å². The third-order valence-corrected chi connectivity index (χ3v) is 3.80. The molecule has 1 aliphatic heterocycles. The number of nitro benzene ring substituents is 1. The van der Waals surface area contributed by atoms with E-state index in [0.29, 0.717) is 4.47 Å². The summed E-state index contributed by atoms with van der Waals surface area (Å²) < 4.78 is 5.55. The van der Waals surface area contributed by atoms with E-state index >= 15 is 0 Å². The van der Waals surface area contributed by atoms with Crippen molar-refractivity contribution in [1.29, 1.82) is 0 Å². The van der Waals surface area contributed by atoms with Gasteiger partial charge in [0.25, 0.3) is 11.6 Å². The van der Waals surface area contributed by atoms with Gasteiger partial charge >= 0.3 is 0 Å². The van der Waals surface area contributed by atoms with Gasteiger partial charge in [-0.1, -0.05) is 0 Å². The summed E-state index contributed by atoms with van der Waals surface area (Å²) in [5, 5.41) is 10.8. The molecule has 0 spiro atoms. The second kappa shape index (κ2) is 6.19. The summed E-state index contributed by atoms with van der Waals surface area (Å²) in [6.45, 7) is 0.497. The van der Waals surface area contributed by atoms with Crippen LogP contribution in [0.5, 0.6) is 0 Å². The van der Waals surface area contributed by atoms with Gasteiger partial charge in [-0.25, -0.2) is 0 Å². The molecule has 21 heavy (non-hydrogen) atoms. The Morgan fingerprint density at radius 3 is 2.81 bits per heavy atom. The van der Waals surface area contributed by atoms with Crippen LogP contribution in [0.4, 0.5) is 5.69 Å². The van der Waals surface area contributed by atoms with Crippen molar-refractivity contribution in [1.82, 2.24) is 4.90 Å². The fraction of sp³-hybridized carbons (Fsp3) is 0.333. The van der Waals surface area contributed by atoms with Crippen LogP contribution in [0.1, 0.15) is 10.4 Å². The lowest BCUT2D eigenvalue weighted by molar-refractivity contribution is -0.384. The Morgan fingerprint density at radius 2 is 2.19 bits per heavy atom. The molecule has 1 saturated heterocycles. The van der Waals surface area contributed by atoms with Gasteiger partial charge in [0.2, 0.25) is 5.91 Å². The average molecular weight is 358 g/mol. The standard InChI is InChI=1S/C12H12BrN3O5/c13-9-2-1-7(16(19)20)5-8(9)12(18)15-3-4-21-6-10(15)11(14)17/h1-2,5,10H,3-4,6H2,(H2,14,17). The van der Waals surface area contributed by atoms with Crippen LogP contribution in [0, 0.1) is 10.1 Å².